The Kier molecular flexibility index (Phi) is 3.99. The number of hydrogen-bond acceptors (Lipinski definition) is 1. The second-order valence-electron chi connectivity index (χ2n) is 3.09. The molecular weight excluding hydrogens is 134 g/mol. The largest absolute Gasteiger partial charge is 0.306 e. The molecule has 0 radical (unpaired) electrons. The second kappa shape index (κ2) is 5.14. The molecule has 1 nitrogen and oxygen atoms in total. The highest BCUT2D eigenvalue weighted by atomic mass is 15.1. The lowest BCUT2D eigenvalue weighted by atomic mass is 10.2. The Labute approximate surface area is 69.4 Å². The zero-order chi connectivity index (χ0) is 7.94. The summed E-state index contributed by atoms with van der Waals surface area (Å²) < 4.78 is 0. The highest BCUT2D eigenvalue weighted by Gasteiger charge is 1.95. The van der Waals surface area contributed by atoms with Crippen molar-refractivity contribution >= 4 is 0 Å². The van der Waals surface area contributed by atoms with Crippen LogP contribution in [0, 0.1) is 0 Å². The van der Waals surface area contributed by atoms with Crippen LogP contribution in [0.3, 0.4) is 0 Å². The number of hydrogen-bond donors (Lipinski definition) is 0. The molecule has 0 aromatic rings. The van der Waals surface area contributed by atoms with Gasteiger partial charge in [0.05, 0.1) is 0 Å². The fraction of sp³-hybridized carbons (Fsp3) is 0.600. The van der Waals surface area contributed by atoms with E-state index in [4.69, 9.17) is 0 Å². The monoisotopic (exact) mass is 151 g/mol. The van der Waals surface area contributed by atoms with Crippen molar-refractivity contribution in [3.05, 3.63) is 24.3 Å². The molecule has 1 aliphatic rings. The third-order valence-corrected chi connectivity index (χ3v) is 1.97. The van der Waals surface area contributed by atoms with Crippen molar-refractivity contribution < 1.29 is 0 Å². The molecule has 0 aromatic carbocycles. The lowest BCUT2D eigenvalue weighted by Crippen LogP contribution is -2.20. The summed E-state index contributed by atoms with van der Waals surface area (Å²) in [4.78, 5) is 2.39. The van der Waals surface area contributed by atoms with Crippen LogP contribution in [-0.2, 0) is 0 Å². The van der Waals surface area contributed by atoms with Gasteiger partial charge in [0, 0.05) is 6.54 Å². The van der Waals surface area contributed by atoms with Gasteiger partial charge in [-0.25, -0.2) is 0 Å². The molecule has 0 fully saturated rings. The Morgan fingerprint density at radius 3 is 2.55 bits per heavy atom. The zero-order valence-electron chi connectivity index (χ0n) is 7.29. The normalized spacial score (nSPS) is 27.7. The van der Waals surface area contributed by atoms with Gasteiger partial charge in [-0.2, -0.15) is 0 Å². The first-order chi connectivity index (χ1) is 5.39. The SMILES string of the molecule is CN1CC/C=C\C=C/CCC1. The van der Waals surface area contributed by atoms with Crippen molar-refractivity contribution in [3.63, 3.8) is 0 Å². The van der Waals surface area contributed by atoms with Crippen molar-refractivity contribution in [1.82, 2.24) is 4.90 Å². The van der Waals surface area contributed by atoms with Crippen LogP contribution in [0.15, 0.2) is 24.3 Å². The van der Waals surface area contributed by atoms with E-state index in [0.29, 0.717) is 0 Å². The smallest absolute Gasteiger partial charge is 0.00130 e. The van der Waals surface area contributed by atoms with Crippen LogP contribution in [0.2, 0.25) is 0 Å². The van der Waals surface area contributed by atoms with Gasteiger partial charge in [-0.3, -0.25) is 0 Å². The summed E-state index contributed by atoms with van der Waals surface area (Å²) in [6.07, 6.45) is 12.5. The summed E-state index contributed by atoms with van der Waals surface area (Å²) in [7, 11) is 2.19. The Morgan fingerprint density at radius 2 is 1.73 bits per heavy atom. The minimum Gasteiger partial charge on any atom is -0.306 e. The van der Waals surface area contributed by atoms with Gasteiger partial charge < -0.3 is 4.90 Å². The molecule has 0 aliphatic carbocycles. The molecule has 0 atom stereocenters. The van der Waals surface area contributed by atoms with Crippen molar-refractivity contribution in [2.45, 2.75) is 19.3 Å². The average molecular weight is 151 g/mol. The summed E-state index contributed by atoms with van der Waals surface area (Å²) >= 11 is 0. The second-order valence-corrected chi connectivity index (χ2v) is 3.09. The van der Waals surface area contributed by atoms with E-state index in [1.54, 1.807) is 0 Å². The van der Waals surface area contributed by atoms with Crippen molar-refractivity contribution in [3.8, 4) is 0 Å². The maximum Gasteiger partial charge on any atom is 0.00130 e. The van der Waals surface area contributed by atoms with E-state index in [1.165, 1.54) is 32.4 Å². The number of allylic oxidation sites excluding steroid dienone is 3. The molecule has 0 N–H and O–H groups in total. The number of nitrogens with zero attached hydrogens (tertiary/aromatic N) is 1. The first-order valence-corrected chi connectivity index (χ1v) is 4.40. The van der Waals surface area contributed by atoms with Gasteiger partial charge in [-0.05, 0) is 32.9 Å². The third kappa shape index (κ3) is 3.99. The highest BCUT2D eigenvalue weighted by Crippen LogP contribution is 1.98. The van der Waals surface area contributed by atoms with Crippen LogP contribution >= 0.6 is 0 Å². The molecule has 1 heteroatoms. The van der Waals surface area contributed by atoms with E-state index >= 15 is 0 Å². The van der Waals surface area contributed by atoms with E-state index in [0.717, 1.165) is 0 Å². The van der Waals surface area contributed by atoms with E-state index in [9.17, 15) is 0 Å². The first kappa shape index (κ1) is 8.54. The highest BCUT2D eigenvalue weighted by molar-refractivity contribution is 5.02. The van der Waals surface area contributed by atoms with E-state index in [-0.39, 0.29) is 0 Å². The van der Waals surface area contributed by atoms with Crippen molar-refractivity contribution in [2.75, 3.05) is 20.1 Å². The van der Waals surface area contributed by atoms with Gasteiger partial charge in [0.15, 0.2) is 0 Å². The minimum absolute atomic E-state index is 1.18. The molecular formula is C10H17N. The molecule has 0 aromatic heterocycles. The summed E-state index contributed by atoms with van der Waals surface area (Å²) in [6.45, 7) is 2.43. The fourth-order valence-electron chi connectivity index (χ4n) is 1.24. The Balaban J connectivity index is 2.34. The summed E-state index contributed by atoms with van der Waals surface area (Å²) in [5.41, 5.74) is 0. The lowest BCUT2D eigenvalue weighted by Gasteiger charge is -2.14. The lowest BCUT2D eigenvalue weighted by molar-refractivity contribution is 0.336. The maximum atomic E-state index is 2.39. The predicted octanol–water partition coefficient (Wildman–Crippen LogP) is 2.21. The van der Waals surface area contributed by atoms with Crippen LogP contribution in [0.5, 0.6) is 0 Å². The zero-order valence-corrected chi connectivity index (χ0v) is 7.29. The molecule has 0 amide bonds. The molecule has 0 bridgehead atoms. The molecule has 0 unspecified atom stereocenters. The topological polar surface area (TPSA) is 3.24 Å². The van der Waals surface area contributed by atoms with Gasteiger partial charge in [0.25, 0.3) is 0 Å². The van der Waals surface area contributed by atoms with Crippen LogP contribution in [0.25, 0.3) is 0 Å². The quantitative estimate of drug-likeness (QED) is 0.513. The van der Waals surface area contributed by atoms with Gasteiger partial charge in [0.2, 0.25) is 0 Å². The molecule has 0 spiro atoms. The van der Waals surface area contributed by atoms with E-state index in [2.05, 4.69) is 36.3 Å². The van der Waals surface area contributed by atoms with Crippen LogP contribution in [0.4, 0.5) is 0 Å². The van der Waals surface area contributed by atoms with Crippen molar-refractivity contribution in [1.29, 1.82) is 0 Å². The molecule has 0 saturated heterocycles. The third-order valence-electron chi connectivity index (χ3n) is 1.97. The van der Waals surface area contributed by atoms with Gasteiger partial charge >= 0.3 is 0 Å². The summed E-state index contributed by atoms with van der Waals surface area (Å²) in [5.74, 6) is 0. The maximum absolute atomic E-state index is 2.39. The van der Waals surface area contributed by atoms with Crippen LogP contribution in [-0.4, -0.2) is 25.0 Å². The minimum atomic E-state index is 1.18. The standard InChI is InChI=1S/C10H17N/c1-11-9-7-5-3-2-4-6-8-10-11/h2-5H,6-10H2,1H3/b4-2-,5-3-. The Bertz CT molecular complexity index is 147. The Hall–Kier alpha value is -0.560. The fourth-order valence-corrected chi connectivity index (χ4v) is 1.24. The molecule has 11 heavy (non-hydrogen) atoms. The van der Waals surface area contributed by atoms with Gasteiger partial charge in [0.1, 0.15) is 0 Å². The van der Waals surface area contributed by atoms with Gasteiger partial charge in [-0.1, -0.05) is 24.3 Å². The summed E-state index contributed by atoms with van der Waals surface area (Å²) in [5, 5.41) is 0. The predicted molar refractivity (Wildman–Crippen MR) is 49.6 cm³/mol. The van der Waals surface area contributed by atoms with Crippen molar-refractivity contribution in [2.24, 2.45) is 0 Å². The number of rotatable bonds is 0. The molecule has 1 heterocycles. The summed E-state index contributed by atoms with van der Waals surface area (Å²) in [6, 6.07) is 0. The first-order valence-electron chi connectivity index (χ1n) is 4.40. The van der Waals surface area contributed by atoms with E-state index in [1.807, 2.05) is 0 Å². The van der Waals surface area contributed by atoms with Crippen LogP contribution < -0.4 is 0 Å². The molecule has 1 rings (SSSR count). The van der Waals surface area contributed by atoms with Crippen LogP contribution in [0.1, 0.15) is 19.3 Å². The van der Waals surface area contributed by atoms with Gasteiger partial charge in [-0.15, -0.1) is 0 Å². The molecule has 1 aliphatic heterocycles. The molecule has 62 valence electrons. The average Bonchev–Trinajstić information content (AvgIpc) is 2.03. The Morgan fingerprint density at radius 1 is 1.00 bits per heavy atom. The molecule has 0 saturated carbocycles. The van der Waals surface area contributed by atoms with E-state index < -0.39 is 0 Å².